The number of hydrogen-bond acceptors (Lipinski definition) is 4. The van der Waals surface area contributed by atoms with Crippen LogP contribution in [0.2, 0.25) is 0 Å². The van der Waals surface area contributed by atoms with E-state index in [0.29, 0.717) is 31.1 Å². The van der Waals surface area contributed by atoms with Crippen LogP contribution in [0, 0.1) is 13.8 Å². The number of hydrogen-bond donors (Lipinski definition) is 1. The summed E-state index contributed by atoms with van der Waals surface area (Å²) in [5.74, 6) is 2.11. The molecular formula is C23H24N2O4. The molecule has 0 spiro atoms. The van der Waals surface area contributed by atoms with Gasteiger partial charge in [-0.3, -0.25) is 4.79 Å². The van der Waals surface area contributed by atoms with Crippen molar-refractivity contribution in [3.63, 3.8) is 0 Å². The van der Waals surface area contributed by atoms with Gasteiger partial charge in [0.15, 0.2) is 11.5 Å². The van der Waals surface area contributed by atoms with E-state index in [1.807, 2.05) is 62.4 Å². The molecule has 1 aliphatic rings. The molecular weight excluding hydrogens is 368 g/mol. The highest BCUT2D eigenvalue weighted by atomic mass is 16.6. The largest absolute Gasteiger partial charge is 0.497 e. The summed E-state index contributed by atoms with van der Waals surface area (Å²) >= 11 is 0. The van der Waals surface area contributed by atoms with E-state index in [9.17, 15) is 4.79 Å². The van der Waals surface area contributed by atoms with E-state index in [0.717, 1.165) is 34.1 Å². The predicted molar refractivity (Wildman–Crippen MR) is 110 cm³/mol. The van der Waals surface area contributed by atoms with Gasteiger partial charge in [0.05, 0.1) is 12.7 Å². The van der Waals surface area contributed by atoms with Crippen molar-refractivity contribution < 1.29 is 19.0 Å². The standard InChI is InChI=1S/C23H24N2O4/c1-15-13-20(16(2)25(15)18-7-9-19(27-3)10-8-18)23(26)24-14-17-5-4-6-21-22(17)29-12-11-28-21/h4-10,13H,11-12,14H2,1-3H3,(H,24,26). The number of nitrogens with zero attached hydrogens (tertiary/aromatic N) is 1. The Hall–Kier alpha value is -3.41. The minimum absolute atomic E-state index is 0.118. The van der Waals surface area contributed by atoms with Crippen molar-refractivity contribution in [2.75, 3.05) is 20.3 Å². The molecule has 2 aromatic carbocycles. The molecule has 29 heavy (non-hydrogen) atoms. The number of para-hydroxylation sites is 1. The Morgan fingerprint density at radius 2 is 1.86 bits per heavy atom. The number of fused-ring (bicyclic) bond motifs is 1. The normalized spacial score (nSPS) is 12.5. The van der Waals surface area contributed by atoms with Crippen LogP contribution in [0.1, 0.15) is 27.3 Å². The van der Waals surface area contributed by atoms with Gasteiger partial charge in [-0.1, -0.05) is 12.1 Å². The summed E-state index contributed by atoms with van der Waals surface area (Å²) in [5, 5.41) is 3.01. The van der Waals surface area contributed by atoms with E-state index in [4.69, 9.17) is 14.2 Å². The monoisotopic (exact) mass is 392 g/mol. The SMILES string of the molecule is COc1ccc(-n2c(C)cc(C(=O)NCc3cccc4c3OCCO4)c2C)cc1. The van der Waals surface area contributed by atoms with Crippen molar-refractivity contribution in [1.29, 1.82) is 0 Å². The molecule has 1 aromatic heterocycles. The Kier molecular flexibility index (Phi) is 5.16. The van der Waals surface area contributed by atoms with Gasteiger partial charge in [-0.05, 0) is 50.2 Å². The summed E-state index contributed by atoms with van der Waals surface area (Å²) in [6, 6.07) is 15.4. The Balaban J connectivity index is 1.54. The number of nitrogens with one attached hydrogen (secondary N) is 1. The first kappa shape index (κ1) is 18.9. The van der Waals surface area contributed by atoms with Crippen LogP contribution < -0.4 is 19.5 Å². The number of amides is 1. The van der Waals surface area contributed by atoms with Crippen LogP contribution in [0.5, 0.6) is 17.2 Å². The molecule has 1 aliphatic heterocycles. The zero-order chi connectivity index (χ0) is 20.4. The molecule has 1 amide bonds. The lowest BCUT2D eigenvalue weighted by Gasteiger charge is -2.21. The first-order chi connectivity index (χ1) is 14.1. The number of carbonyl (C=O) groups excluding carboxylic acids is 1. The van der Waals surface area contributed by atoms with Crippen molar-refractivity contribution in [2.24, 2.45) is 0 Å². The second-order valence-electron chi connectivity index (χ2n) is 6.94. The van der Waals surface area contributed by atoms with E-state index in [1.165, 1.54) is 0 Å². The Labute approximate surface area is 170 Å². The average Bonchev–Trinajstić information content (AvgIpc) is 3.06. The van der Waals surface area contributed by atoms with E-state index in [-0.39, 0.29) is 5.91 Å². The van der Waals surface area contributed by atoms with Crippen molar-refractivity contribution in [2.45, 2.75) is 20.4 Å². The highest BCUT2D eigenvalue weighted by Gasteiger charge is 2.19. The van der Waals surface area contributed by atoms with Crippen LogP contribution in [0.4, 0.5) is 0 Å². The summed E-state index contributed by atoms with van der Waals surface area (Å²) < 4.78 is 18.6. The van der Waals surface area contributed by atoms with Crippen molar-refractivity contribution in [3.8, 4) is 22.9 Å². The Morgan fingerprint density at radius 1 is 1.10 bits per heavy atom. The predicted octanol–water partition coefficient (Wildman–Crippen LogP) is 3.80. The lowest BCUT2D eigenvalue weighted by Crippen LogP contribution is -2.24. The summed E-state index contributed by atoms with van der Waals surface area (Å²) in [7, 11) is 1.64. The minimum Gasteiger partial charge on any atom is -0.497 e. The number of aromatic nitrogens is 1. The highest BCUT2D eigenvalue weighted by molar-refractivity contribution is 5.96. The lowest BCUT2D eigenvalue weighted by atomic mass is 10.1. The van der Waals surface area contributed by atoms with Crippen LogP contribution in [-0.2, 0) is 6.54 Å². The van der Waals surface area contributed by atoms with Gasteiger partial charge in [0.1, 0.15) is 19.0 Å². The highest BCUT2D eigenvalue weighted by Crippen LogP contribution is 2.33. The maximum absolute atomic E-state index is 12.9. The molecule has 0 saturated heterocycles. The van der Waals surface area contributed by atoms with Crippen LogP contribution in [-0.4, -0.2) is 30.8 Å². The molecule has 0 atom stereocenters. The zero-order valence-corrected chi connectivity index (χ0v) is 16.8. The topological polar surface area (TPSA) is 61.7 Å². The summed E-state index contributed by atoms with van der Waals surface area (Å²) in [4.78, 5) is 12.9. The summed E-state index contributed by atoms with van der Waals surface area (Å²) in [5.41, 5.74) is 4.42. The molecule has 0 aliphatic carbocycles. The molecule has 3 aromatic rings. The van der Waals surface area contributed by atoms with Crippen molar-refractivity contribution in [1.82, 2.24) is 9.88 Å². The molecule has 0 bridgehead atoms. The van der Waals surface area contributed by atoms with Crippen LogP contribution >= 0.6 is 0 Å². The molecule has 150 valence electrons. The van der Waals surface area contributed by atoms with Crippen LogP contribution in [0.3, 0.4) is 0 Å². The van der Waals surface area contributed by atoms with Gasteiger partial charge in [0.2, 0.25) is 0 Å². The molecule has 1 N–H and O–H groups in total. The molecule has 2 heterocycles. The molecule has 6 nitrogen and oxygen atoms in total. The molecule has 0 fully saturated rings. The molecule has 0 unspecified atom stereocenters. The van der Waals surface area contributed by atoms with Gasteiger partial charge in [-0.25, -0.2) is 0 Å². The minimum atomic E-state index is -0.118. The van der Waals surface area contributed by atoms with E-state index >= 15 is 0 Å². The first-order valence-corrected chi connectivity index (χ1v) is 9.57. The van der Waals surface area contributed by atoms with Gasteiger partial charge < -0.3 is 24.1 Å². The van der Waals surface area contributed by atoms with Gasteiger partial charge in [-0.2, -0.15) is 0 Å². The summed E-state index contributed by atoms with van der Waals surface area (Å²) in [6.45, 7) is 5.37. The Morgan fingerprint density at radius 3 is 2.62 bits per heavy atom. The fourth-order valence-electron chi connectivity index (χ4n) is 3.67. The number of benzene rings is 2. The third-order valence-electron chi connectivity index (χ3n) is 5.09. The second-order valence-corrected chi connectivity index (χ2v) is 6.94. The molecule has 0 radical (unpaired) electrons. The number of rotatable bonds is 5. The van der Waals surface area contributed by atoms with Crippen molar-refractivity contribution in [3.05, 3.63) is 71.0 Å². The summed E-state index contributed by atoms with van der Waals surface area (Å²) in [6.07, 6.45) is 0. The van der Waals surface area contributed by atoms with E-state index < -0.39 is 0 Å². The third kappa shape index (κ3) is 3.66. The van der Waals surface area contributed by atoms with Crippen LogP contribution in [0.15, 0.2) is 48.5 Å². The van der Waals surface area contributed by atoms with Crippen molar-refractivity contribution >= 4 is 5.91 Å². The fraction of sp³-hybridized carbons (Fsp3) is 0.261. The average molecular weight is 392 g/mol. The number of carbonyl (C=O) groups is 1. The zero-order valence-electron chi connectivity index (χ0n) is 16.8. The van der Waals surface area contributed by atoms with E-state index in [2.05, 4.69) is 9.88 Å². The number of methoxy groups -OCH3 is 1. The quantitative estimate of drug-likeness (QED) is 0.717. The Bertz CT molecular complexity index is 1040. The lowest BCUT2D eigenvalue weighted by molar-refractivity contribution is 0.0949. The molecule has 4 rings (SSSR count). The maximum Gasteiger partial charge on any atom is 0.253 e. The van der Waals surface area contributed by atoms with Gasteiger partial charge >= 0.3 is 0 Å². The fourth-order valence-corrected chi connectivity index (χ4v) is 3.67. The number of ether oxygens (including phenoxy) is 3. The van der Waals surface area contributed by atoms with Gasteiger partial charge in [-0.15, -0.1) is 0 Å². The number of aryl methyl sites for hydroxylation is 1. The smallest absolute Gasteiger partial charge is 0.253 e. The van der Waals surface area contributed by atoms with Gasteiger partial charge in [0.25, 0.3) is 5.91 Å². The van der Waals surface area contributed by atoms with E-state index in [1.54, 1.807) is 7.11 Å². The molecule has 0 saturated carbocycles. The third-order valence-corrected chi connectivity index (χ3v) is 5.09. The second kappa shape index (κ2) is 7.91. The van der Waals surface area contributed by atoms with Gasteiger partial charge in [0, 0.05) is 29.2 Å². The first-order valence-electron chi connectivity index (χ1n) is 9.57. The van der Waals surface area contributed by atoms with Crippen LogP contribution in [0.25, 0.3) is 5.69 Å². The maximum atomic E-state index is 12.9. The molecule has 6 heteroatoms.